The van der Waals surface area contributed by atoms with Gasteiger partial charge in [0.1, 0.15) is 24.0 Å². The van der Waals surface area contributed by atoms with Gasteiger partial charge in [0, 0.05) is 32.1 Å². The largest absolute Gasteiger partial charge is 0.497 e. The third-order valence-electron chi connectivity index (χ3n) is 7.93. The first-order chi connectivity index (χ1) is 22.6. The Bertz CT molecular complexity index is 1440. The standard InChI is InChI=1S/C33H47N5O8S/c1-5-6-7-8-11-29-31(46-32(29)40)21-27(45-33(41)30(34-23-39)20-24(2)3)13-12-25-22-38(37-36-25)19-10-9-18-35-47(42,43)28-16-14-26(44-4)15-17-28/h1,14-17,22-24,27,29-31,35H,6-13,18-21H2,2-4H3,(H,34,39)/t27-,29-,30-,31-/m0/s1. The number of cyclic esters (lactones) is 1. The summed E-state index contributed by atoms with van der Waals surface area (Å²) in [6.45, 7) is 4.72. The van der Waals surface area contributed by atoms with E-state index in [1.54, 1.807) is 16.8 Å². The Labute approximate surface area is 277 Å². The van der Waals surface area contributed by atoms with Crippen LogP contribution in [0, 0.1) is 24.2 Å². The molecule has 13 nitrogen and oxygen atoms in total. The molecular weight excluding hydrogens is 626 g/mol. The molecule has 0 unspecified atom stereocenters. The number of amides is 1. The van der Waals surface area contributed by atoms with Crippen LogP contribution < -0.4 is 14.8 Å². The van der Waals surface area contributed by atoms with E-state index in [1.165, 1.54) is 19.2 Å². The summed E-state index contributed by atoms with van der Waals surface area (Å²) >= 11 is 0. The van der Waals surface area contributed by atoms with E-state index in [9.17, 15) is 22.8 Å². The molecule has 0 spiro atoms. The minimum atomic E-state index is -3.62. The maximum Gasteiger partial charge on any atom is 0.328 e. The fraction of sp³-hybridized carbons (Fsp3) is 0.606. The summed E-state index contributed by atoms with van der Waals surface area (Å²) in [7, 11) is -2.10. The van der Waals surface area contributed by atoms with Crippen molar-refractivity contribution >= 4 is 28.4 Å². The minimum absolute atomic E-state index is 0.155. The first-order valence-electron chi connectivity index (χ1n) is 16.1. The van der Waals surface area contributed by atoms with Crippen LogP contribution in [-0.2, 0) is 46.8 Å². The van der Waals surface area contributed by atoms with Crippen LogP contribution in [-0.4, -0.2) is 73.7 Å². The lowest BCUT2D eigenvalue weighted by Gasteiger charge is -2.37. The van der Waals surface area contributed by atoms with E-state index in [0.717, 1.165) is 12.8 Å². The molecule has 1 aliphatic rings. The summed E-state index contributed by atoms with van der Waals surface area (Å²) in [5.74, 6) is 2.29. The number of nitrogens with one attached hydrogen (secondary N) is 2. The van der Waals surface area contributed by atoms with E-state index < -0.39 is 28.1 Å². The maximum absolute atomic E-state index is 13.1. The summed E-state index contributed by atoms with van der Waals surface area (Å²) in [5, 5.41) is 11.0. The molecule has 1 saturated heterocycles. The highest BCUT2D eigenvalue weighted by Crippen LogP contribution is 2.32. The molecule has 1 aliphatic heterocycles. The second kappa shape index (κ2) is 19.0. The van der Waals surface area contributed by atoms with Gasteiger partial charge >= 0.3 is 11.9 Å². The van der Waals surface area contributed by atoms with Crippen molar-refractivity contribution in [2.45, 2.75) is 108 Å². The zero-order valence-electron chi connectivity index (χ0n) is 27.4. The van der Waals surface area contributed by atoms with Gasteiger partial charge < -0.3 is 19.5 Å². The number of rotatable bonds is 23. The summed E-state index contributed by atoms with van der Waals surface area (Å²) in [6, 6.07) is 5.41. The smallest absolute Gasteiger partial charge is 0.328 e. The summed E-state index contributed by atoms with van der Waals surface area (Å²) < 4.78 is 45.7. The number of sulfonamides is 1. The number of terminal acetylenes is 1. The van der Waals surface area contributed by atoms with Crippen molar-refractivity contribution in [3.8, 4) is 18.1 Å². The highest BCUT2D eigenvalue weighted by molar-refractivity contribution is 7.89. The van der Waals surface area contributed by atoms with Crippen LogP contribution in [0.3, 0.4) is 0 Å². The van der Waals surface area contributed by atoms with E-state index in [-0.39, 0.29) is 35.3 Å². The predicted molar refractivity (Wildman–Crippen MR) is 173 cm³/mol. The highest BCUT2D eigenvalue weighted by atomic mass is 32.2. The molecule has 0 radical (unpaired) electrons. The molecule has 0 saturated carbocycles. The highest BCUT2D eigenvalue weighted by Gasteiger charge is 2.43. The molecule has 1 aromatic carbocycles. The second-order valence-corrected chi connectivity index (χ2v) is 13.9. The molecule has 1 fully saturated rings. The Kier molecular flexibility index (Phi) is 15.2. The van der Waals surface area contributed by atoms with Gasteiger partial charge in [-0.15, -0.1) is 17.4 Å². The number of carbonyl (C=O) groups excluding carboxylic acids is 3. The van der Waals surface area contributed by atoms with Gasteiger partial charge in [0.15, 0.2) is 0 Å². The second-order valence-electron chi connectivity index (χ2n) is 12.1. The Morgan fingerprint density at radius 2 is 1.96 bits per heavy atom. The number of carbonyl (C=O) groups is 3. The van der Waals surface area contributed by atoms with E-state index in [0.29, 0.717) is 75.8 Å². The number of methoxy groups -OCH3 is 1. The fourth-order valence-corrected chi connectivity index (χ4v) is 6.41. The lowest BCUT2D eigenvalue weighted by atomic mass is 9.86. The molecule has 2 N–H and O–H groups in total. The molecule has 1 aromatic heterocycles. The number of aromatic nitrogens is 3. The van der Waals surface area contributed by atoms with Gasteiger partial charge in [-0.05, 0) is 75.1 Å². The Morgan fingerprint density at radius 1 is 1.19 bits per heavy atom. The van der Waals surface area contributed by atoms with Crippen molar-refractivity contribution in [1.82, 2.24) is 25.0 Å². The average Bonchev–Trinajstić information content (AvgIpc) is 3.50. The van der Waals surface area contributed by atoms with Gasteiger partial charge in [-0.3, -0.25) is 14.3 Å². The summed E-state index contributed by atoms with van der Waals surface area (Å²) in [6.07, 6.45) is 12.6. The van der Waals surface area contributed by atoms with Crippen molar-refractivity contribution in [1.29, 1.82) is 0 Å². The van der Waals surface area contributed by atoms with E-state index >= 15 is 0 Å². The van der Waals surface area contributed by atoms with E-state index in [4.69, 9.17) is 20.6 Å². The van der Waals surface area contributed by atoms with Crippen LogP contribution in [0.15, 0.2) is 35.4 Å². The summed E-state index contributed by atoms with van der Waals surface area (Å²) in [4.78, 5) is 36.6. The van der Waals surface area contributed by atoms with Gasteiger partial charge in [-0.25, -0.2) is 17.9 Å². The number of aryl methyl sites for hydroxylation is 2. The van der Waals surface area contributed by atoms with Gasteiger partial charge in [-0.1, -0.05) is 25.5 Å². The SMILES string of the molecule is C#CCCCC[C@@H]1C(=O)O[C@H]1C[C@H](CCc1cn(CCCCNS(=O)(=O)c2ccc(OC)cc2)nn1)OC(=O)[C@H](CC(C)C)NC=O. The molecule has 2 aromatic rings. The monoisotopic (exact) mass is 673 g/mol. The lowest BCUT2D eigenvalue weighted by Crippen LogP contribution is -2.48. The number of hydrogen-bond donors (Lipinski definition) is 2. The topological polar surface area (TPSA) is 168 Å². The number of esters is 2. The molecule has 3 rings (SSSR count). The van der Waals surface area contributed by atoms with Crippen LogP contribution in [0.4, 0.5) is 0 Å². The lowest BCUT2D eigenvalue weighted by molar-refractivity contribution is -0.190. The number of benzene rings is 1. The van der Waals surface area contributed by atoms with Crippen molar-refractivity contribution in [2.75, 3.05) is 13.7 Å². The minimum Gasteiger partial charge on any atom is -0.497 e. The Balaban J connectivity index is 1.52. The van der Waals surface area contributed by atoms with Crippen LogP contribution in [0.1, 0.15) is 77.3 Å². The number of unbranched alkanes of at least 4 members (excludes halogenated alkanes) is 3. The van der Waals surface area contributed by atoms with Gasteiger partial charge in [0.25, 0.3) is 0 Å². The molecule has 4 atom stereocenters. The van der Waals surface area contributed by atoms with E-state index in [1.807, 2.05) is 20.0 Å². The van der Waals surface area contributed by atoms with E-state index in [2.05, 4.69) is 26.3 Å². The Hall–Kier alpha value is -3.96. The molecule has 0 bridgehead atoms. The number of nitrogens with zero attached hydrogens (tertiary/aromatic N) is 3. The molecular formula is C33H47N5O8S. The molecule has 2 heterocycles. The van der Waals surface area contributed by atoms with Crippen molar-refractivity contribution in [3.63, 3.8) is 0 Å². The molecule has 258 valence electrons. The quantitative estimate of drug-likeness (QED) is 0.0774. The van der Waals surface area contributed by atoms with Crippen LogP contribution in [0.2, 0.25) is 0 Å². The first-order valence-corrected chi connectivity index (χ1v) is 17.6. The molecule has 14 heteroatoms. The van der Waals surface area contributed by atoms with Gasteiger partial charge in [0.2, 0.25) is 16.4 Å². The molecule has 47 heavy (non-hydrogen) atoms. The Morgan fingerprint density at radius 3 is 2.62 bits per heavy atom. The normalized spacial score (nSPS) is 17.2. The van der Waals surface area contributed by atoms with Crippen molar-refractivity contribution in [2.24, 2.45) is 11.8 Å². The van der Waals surface area contributed by atoms with Crippen molar-refractivity contribution < 1.29 is 37.0 Å². The van der Waals surface area contributed by atoms with Crippen LogP contribution >= 0.6 is 0 Å². The third-order valence-corrected chi connectivity index (χ3v) is 9.41. The predicted octanol–water partition coefficient (Wildman–Crippen LogP) is 3.18. The van der Waals surface area contributed by atoms with Crippen LogP contribution in [0.5, 0.6) is 5.75 Å². The third kappa shape index (κ3) is 12.3. The zero-order chi connectivity index (χ0) is 34.2. The summed E-state index contributed by atoms with van der Waals surface area (Å²) in [5.41, 5.74) is 0.701. The molecule has 0 aliphatic carbocycles. The average molecular weight is 674 g/mol. The van der Waals surface area contributed by atoms with Crippen molar-refractivity contribution in [3.05, 3.63) is 36.2 Å². The van der Waals surface area contributed by atoms with Gasteiger partial charge in [-0.2, -0.15) is 0 Å². The van der Waals surface area contributed by atoms with Crippen LogP contribution in [0.25, 0.3) is 0 Å². The molecule has 1 amide bonds. The maximum atomic E-state index is 13.1. The first kappa shape index (κ1) is 37.5. The number of hydrogen-bond acceptors (Lipinski definition) is 10. The van der Waals surface area contributed by atoms with Gasteiger partial charge in [0.05, 0.1) is 23.6 Å². The zero-order valence-corrected chi connectivity index (χ0v) is 28.2. The number of ether oxygens (including phenoxy) is 3. The fourth-order valence-electron chi connectivity index (χ4n) is 5.34.